The number of aryl methyl sites for hydroxylation is 1. The minimum Gasteiger partial charge on any atom is -0.317 e. The van der Waals surface area contributed by atoms with Crippen molar-refractivity contribution in [1.29, 1.82) is 0 Å². The number of hydrogen-bond donors (Lipinski definition) is 1. The number of hydrogen-bond acceptors (Lipinski definition) is 4. The van der Waals surface area contributed by atoms with Gasteiger partial charge in [0.2, 0.25) is 0 Å². The van der Waals surface area contributed by atoms with Gasteiger partial charge >= 0.3 is 0 Å². The first kappa shape index (κ1) is 22.5. The predicted octanol–water partition coefficient (Wildman–Crippen LogP) is 6.34. The Morgan fingerprint density at radius 1 is 0.778 bits per heavy atom. The molecule has 1 fully saturated rings. The maximum Gasteiger partial charge on any atom is 0.182 e. The highest BCUT2D eigenvalue weighted by molar-refractivity contribution is 6.07. The van der Waals surface area contributed by atoms with Gasteiger partial charge in [-0.25, -0.2) is 13.8 Å². The Morgan fingerprint density at radius 3 is 2.00 bits per heavy atom. The van der Waals surface area contributed by atoms with Crippen molar-refractivity contribution in [3.05, 3.63) is 90.4 Å². The Kier molecular flexibility index (Phi) is 5.77. The fourth-order valence-corrected chi connectivity index (χ4v) is 5.21. The normalized spacial score (nSPS) is 14.4. The lowest BCUT2D eigenvalue weighted by molar-refractivity contribution is 0.340. The minimum atomic E-state index is -0.310. The molecule has 1 N–H and O–H groups in total. The van der Waals surface area contributed by atoms with Crippen molar-refractivity contribution in [3.63, 3.8) is 0 Å². The molecular formula is C29H25F2N5. The van der Waals surface area contributed by atoms with Crippen LogP contribution >= 0.6 is 0 Å². The van der Waals surface area contributed by atoms with Gasteiger partial charge in [0.1, 0.15) is 11.6 Å². The van der Waals surface area contributed by atoms with E-state index in [1.165, 1.54) is 24.3 Å². The summed E-state index contributed by atoms with van der Waals surface area (Å²) in [5.41, 5.74) is 6.75. The Morgan fingerprint density at radius 2 is 1.36 bits per heavy atom. The molecule has 3 aromatic heterocycles. The minimum absolute atomic E-state index is 0.278. The van der Waals surface area contributed by atoms with Gasteiger partial charge in [0.05, 0.1) is 17.1 Å². The number of nitrogens with zero attached hydrogens (tertiary/aromatic N) is 4. The SMILES string of the molecule is Cc1c2c(-c3ccc(F)cc3)c(-c3ccncc3)c(-c3ccc(F)cc3)nc2nn1C1CCNCC1. The molecule has 0 atom stereocenters. The van der Waals surface area contributed by atoms with Crippen LogP contribution in [0.3, 0.4) is 0 Å². The first-order valence-electron chi connectivity index (χ1n) is 12.2. The molecule has 5 aromatic rings. The zero-order valence-corrected chi connectivity index (χ0v) is 19.9. The third-order valence-electron chi connectivity index (χ3n) is 6.96. The lowest BCUT2D eigenvalue weighted by atomic mass is 9.89. The summed E-state index contributed by atoms with van der Waals surface area (Å²) in [6, 6.07) is 17.0. The fraction of sp³-hybridized carbons (Fsp3) is 0.207. The molecule has 0 spiro atoms. The molecule has 0 amide bonds. The van der Waals surface area contributed by atoms with Crippen LogP contribution in [0, 0.1) is 18.6 Å². The van der Waals surface area contributed by atoms with Gasteiger partial charge in [-0.05, 0) is 92.5 Å². The van der Waals surface area contributed by atoms with Crippen LogP contribution in [0.5, 0.6) is 0 Å². The molecule has 0 unspecified atom stereocenters. The molecule has 36 heavy (non-hydrogen) atoms. The van der Waals surface area contributed by atoms with Gasteiger partial charge in [-0.15, -0.1) is 0 Å². The first-order valence-corrected chi connectivity index (χ1v) is 12.2. The van der Waals surface area contributed by atoms with Gasteiger partial charge in [0, 0.05) is 34.8 Å². The van der Waals surface area contributed by atoms with Gasteiger partial charge in [0.15, 0.2) is 5.65 Å². The molecule has 0 aliphatic carbocycles. The summed E-state index contributed by atoms with van der Waals surface area (Å²) in [5, 5.41) is 9.36. The number of aromatic nitrogens is 4. The highest BCUT2D eigenvalue weighted by Gasteiger charge is 2.26. The molecule has 0 bridgehead atoms. The van der Waals surface area contributed by atoms with Crippen LogP contribution in [0.1, 0.15) is 24.6 Å². The lowest BCUT2D eigenvalue weighted by Gasteiger charge is -2.24. The van der Waals surface area contributed by atoms with Crippen LogP contribution in [0.15, 0.2) is 73.1 Å². The van der Waals surface area contributed by atoms with E-state index < -0.39 is 0 Å². The van der Waals surface area contributed by atoms with E-state index >= 15 is 0 Å². The third-order valence-corrected chi connectivity index (χ3v) is 6.96. The number of rotatable bonds is 4. The molecular weight excluding hydrogens is 456 g/mol. The standard InChI is InChI=1S/C29H25F2N5/c1-18-25-26(19-2-6-22(30)7-3-19)27(20-10-14-32-15-11-20)28(21-4-8-23(31)9-5-21)34-29(25)35-36(18)24-12-16-33-17-13-24/h2-11,14-15,24,33H,12-13,16-17H2,1H3. The Hall–Kier alpha value is -3.97. The van der Waals surface area contributed by atoms with Gasteiger partial charge in [0.25, 0.3) is 0 Å². The van der Waals surface area contributed by atoms with E-state index in [1.807, 2.05) is 12.1 Å². The van der Waals surface area contributed by atoms with Gasteiger partial charge in [-0.1, -0.05) is 12.1 Å². The Balaban J connectivity index is 1.73. The quantitative estimate of drug-likeness (QED) is 0.326. The van der Waals surface area contributed by atoms with Gasteiger partial charge < -0.3 is 5.32 Å². The average Bonchev–Trinajstić information content (AvgIpc) is 3.25. The number of halogens is 2. The maximum absolute atomic E-state index is 14.0. The van der Waals surface area contributed by atoms with Crippen molar-refractivity contribution in [2.75, 3.05) is 13.1 Å². The molecule has 1 aliphatic heterocycles. The first-order chi connectivity index (χ1) is 17.6. The molecule has 0 saturated carbocycles. The average molecular weight is 482 g/mol. The molecule has 5 nitrogen and oxygen atoms in total. The van der Waals surface area contributed by atoms with E-state index in [0.29, 0.717) is 11.3 Å². The largest absolute Gasteiger partial charge is 0.317 e. The second-order valence-corrected chi connectivity index (χ2v) is 9.17. The second kappa shape index (κ2) is 9.24. The topological polar surface area (TPSA) is 55.6 Å². The van der Waals surface area contributed by atoms with Crippen molar-refractivity contribution in [1.82, 2.24) is 25.1 Å². The van der Waals surface area contributed by atoms with Crippen LogP contribution in [0.4, 0.5) is 8.78 Å². The number of pyridine rings is 2. The van der Waals surface area contributed by atoms with Crippen LogP contribution in [-0.4, -0.2) is 32.8 Å². The van der Waals surface area contributed by atoms with E-state index in [2.05, 4.69) is 21.9 Å². The summed E-state index contributed by atoms with van der Waals surface area (Å²) in [7, 11) is 0. The molecule has 4 heterocycles. The third kappa shape index (κ3) is 3.95. The smallest absolute Gasteiger partial charge is 0.182 e. The fourth-order valence-electron chi connectivity index (χ4n) is 5.21. The molecule has 1 aliphatic rings. The van der Waals surface area contributed by atoms with Crippen molar-refractivity contribution >= 4 is 11.0 Å². The zero-order chi connectivity index (χ0) is 24.6. The number of nitrogens with one attached hydrogen (secondary N) is 1. The van der Waals surface area contributed by atoms with E-state index in [0.717, 1.165) is 64.8 Å². The number of piperidine rings is 1. The summed E-state index contributed by atoms with van der Waals surface area (Å²) < 4.78 is 29.9. The van der Waals surface area contributed by atoms with Crippen LogP contribution in [0.2, 0.25) is 0 Å². The van der Waals surface area contributed by atoms with Crippen molar-refractivity contribution in [3.8, 4) is 33.5 Å². The van der Waals surface area contributed by atoms with Crippen LogP contribution in [-0.2, 0) is 0 Å². The number of benzene rings is 2. The summed E-state index contributed by atoms with van der Waals surface area (Å²) in [6.45, 7) is 3.98. The molecule has 0 radical (unpaired) electrons. The lowest BCUT2D eigenvalue weighted by Crippen LogP contribution is -2.30. The zero-order valence-electron chi connectivity index (χ0n) is 19.9. The highest BCUT2D eigenvalue weighted by atomic mass is 19.1. The van der Waals surface area contributed by atoms with Gasteiger partial charge in [-0.2, -0.15) is 5.10 Å². The summed E-state index contributed by atoms with van der Waals surface area (Å²) in [5.74, 6) is -0.606. The van der Waals surface area contributed by atoms with Crippen LogP contribution < -0.4 is 5.32 Å². The molecule has 1 saturated heterocycles. The van der Waals surface area contributed by atoms with Crippen molar-refractivity contribution in [2.45, 2.75) is 25.8 Å². The van der Waals surface area contributed by atoms with Crippen LogP contribution in [0.25, 0.3) is 44.5 Å². The maximum atomic E-state index is 14.0. The molecule has 6 rings (SSSR count). The molecule has 7 heteroatoms. The highest BCUT2D eigenvalue weighted by Crippen LogP contribution is 2.44. The summed E-state index contributed by atoms with van der Waals surface area (Å²) in [4.78, 5) is 9.27. The summed E-state index contributed by atoms with van der Waals surface area (Å²) in [6.07, 6.45) is 5.47. The van der Waals surface area contributed by atoms with E-state index in [-0.39, 0.29) is 17.7 Å². The Bertz CT molecular complexity index is 1520. The number of fused-ring (bicyclic) bond motifs is 1. The van der Waals surface area contributed by atoms with Crippen molar-refractivity contribution < 1.29 is 8.78 Å². The molecule has 2 aromatic carbocycles. The second-order valence-electron chi connectivity index (χ2n) is 9.17. The van der Waals surface area contributed by atoms with Gasteiger partial charge in [-0.3, -0.25) is 9.67 Å². The van der Waals surface area contributed by atoms with Crippen molar-refractivity contribution in [2.24, 2.45) is 0 Å². The van der Waals surface area contributed by atoms with E-state index in [1.54, 1.807) is 36.7 Å². The van der Waals surface area contributed by atoms with E-state index in [4.69, 9.17) is 10.1 Å². The summed E-state index contributed by atoms with van der Waals surface area (Å²) >= 11 is 0. The van der Waals surface area contributed by atoms with E-state index in [9.17, 15) is 8.78 Å². The predicted molar refractivity (Wildman–Crippen MR) is 137 cm³/mol. The molecule has 180 valence electrons. The Labute approximate surface area is 207 Å². The monoisotopic (exact) mass is 481 g/mol.